The van der Waals surface area contributed by atoms with Gasteiger partial charge in [-0.15, -0.1) is 10.2 Å². The van der Waals surface area contributed by atoms with E-state index in [-0.39, 0.29) is 17.7 Å². The lowest BCUT2D eigenvalue weighted by Crippen LogP contribution is -2.38. The fourth-order valence-corrected chi connectivity index (χ4v) is 4.97. The van der Waals surface area contributed by atoms with Gasteiger partial charge in [0.25, 0.3) is 0 Å². The summed E-state index contributed by atoms with van der Waals surface area (Å²) in [5.74, 6) is 1.41. The number of thioether (sulfide) groups is 1. The van der Waals surface area contributed by atoms with Crippen LogP contribution in [0.4, 0.5) is 5.69 Å². The van der Waals surface area contributed by atoms with Gasteiger partial charge in [-0.25, -0.2) is 0 Å². The first kappa shape index (κ1) is 24.7. The smallest absolute Gasteiger partial charge is 0.237 e. The van der Waals surface area contributed by atoms with Crippen molar-refractivity contribution in [3.63, 3.8) is 0 Å². The fraction of sp³-hybridized carbons (Fsp3) is 0.276. The molecule has 0 fully saturated rings. The Kier molecular flexibility index (Phi) is 7.71. The molecule has 180 valence electrons. The van der Waals surface area contributed by atoms with E-state index in [0.29, 0.717) is 11.1 Å². The Balaban J connectivity index is 1.72. The van der Waals surface area contributed by atoms with E-state index < -0.39 is 0 Å². The molecule has 4 rings (SSSR count). The Hall–Kier alpha value is -3.38. The van der Waals surface area contributed by atoms with E-state index in [0.717, 1.165) is 22.8 Å². The van der Waals surface area contributed by atoms with Crippen LogP contribution >= 0.6 is 11.8 Å². The van der Waals surface area contributed by atoms with Gasteiger partial charge in [-0.05, 0) is 50.5 Å². The second kappa shape index (κ2) is 10.9. The van der Waals surface area contributed by atoms with Crippen LogP contribution in [0.3, 0.4) is 0 Å². The molecule has 1 heterocycles. The number of rotatable bonds is 8. The zero-order valence-corrected chi connectivity index (χ0v) is 21.8. The lowest BCUT2D eigenvalue weighted by molar-refractivity contribution is -0.116. The zero-order valence-electron chi connectivity index (χ0n) is 21.0. The van der Waals surface area contributed by atoms with E-state index in [1.807, 2.05) is 55.1 Å². The average Bonchev–Trinajstić information content (AvgIpc) is 3.27. The maximum Gasteiger partial charge on any atom is 0.237 e. The van der Waals surface area contributed by atoms with Gasteiger partial charge in [-0.2, -0.15) is 0 Å². The molecule has 0 N–H and O–H groups in total. The van der Waals surface area contributed by atoms with Gasteiger partial charge in [-0.3, -0.25) is 9.36 Å². The van der Waals surface area contributed by atoms with Crippen molar-refractivity contribution in [3.8, 4) is 17.1 Å². The number of hydrogen-bond acceptors (Lipinski definition) is 4. The van der Waals surface area contributed by atoms with Crippen molar-refractivity contribution in [2.24, 2.45) is 0 Å². The Morgan fingerprint density at radius 1 is 0.886 bits per heavy atom. The van der Waals surface area contributed by atoms with Crippen LogP contribution in [0.2, 0.25) is 0 Å². The third-order valence-electron chi connectivity index (χ3n) is 5.89. The molecule has 0 aliphatic carbocycles. The highest BCUT2D eigenvalue weighted by Crippen LogP contribution is 2.32. The van der Waals surface area contributed by atoms with Gasteiger partial charge in [0.2, 0.25) is 5.91 Å². The predicted molar refractivity (Wildman–Crippen MR) is 145 cm³/mol. The van der Waals surface area contributed by atoms with E-state index in [2.05, 4.69) is 78.0 Å². The number of para-hydroxylation sites is 2. The summed E-state index contributed by atoms with van der Waals surface area (Å²) >= 11 is 1.43. The van der Waals surface area contributed by atoms with Gasteiger partial charge in [0.15, 0.2) is 11.0 Å². The maximum absolute atomic E-state index is 13.3. The number of carbonyl (C=O) groups is 1. The van der Waals surface area contributed by atoms with Crippen LogP contribution in [0.1, 0.15) is 44.7 Å². The van der Waals surface area contributed by atoms with Crippen molar-refractivity contribution in [3.05, 3.63) is 90.0 Å². The number of aromatic nitrogens is 3. The molecule has 0 unspecified atom stereocenters. The first-order valence-electron chi connectivity index (χ1n) is 12.0. The van der Waals surface area contributed by atoms with Crippen molar-refractivity contribution in [1.82, 2.24) is 14.8 Å². The van der Waals surface area contributed by atoms with Crippen molar-refractivity contribution in [2.45, 2.75) is 51.7 Å². The van der Waals surface area contributed by atoms with Crippen LogP contribution in [0, 0.1) is 6.92 Å². The van der Waals surface area contributed by atoms with Crippen LogP contribution < -0.4 is 4.90 Å². The second-order valence-electron chi connectivity index (χ2n) is 9.20. The molecule has 0 bridgehead atoms. The summed E-state index contributed by atoms with van der Waals surface area (Å²) in [6, 6.07) is 26.5. The molecule has 0 saturated carbocycles. The zero-order chi connectivity index (χ0) is 24.9. The van der Waals surface area contributed by atoms with Gasteiger partial charge in [0.05, 0.1) is 11.4 Å². The lowest BCUT2D eigenvalue weighted by Gasteiger charge is -2.26. The summed E-state index contributed by atoms with van der Waals surface area (Å²) in [6.07, 6.45) is 0. The molecule has 0 aliphatic rings. The molecule has 4 aromatic rings. The Morgan fingerprint density at radius 3 is 2.20 bits per heavy atom. The molecule has 0 spiro atoms. The van der Waals surface area contributed by atoms with Crippen molar-refractivity contribution in [1.29, 1.82) is 0 Å². The first-order valence-corrected chi connectivity index (χ1v) is 13.0. The standard InChI is InChI=1S/C29H32N4OS/c1-20(2)25-13-9-10-14-26(25)33-28(23-17-15-22(5)16-18-23)30-31-29(33)35-19-27(34)32(21(3)4)24-11-7-6-8-12-24/h6-18,20-21H,19H2,1-5H3. The van der Waals surface area contributed by atoms with E-state index in [1.165, 1.54) is 22.9 Å². The molecular formula is C29H32N4OS. The highest BCUT2D eigenvalue weighted by molar-refractivity contribution is 7.99. The van der Waals surface area contributed by atoms with E-state index in [9.17, 15) is 4.79 Å². The highest BCUT2D eigenvalue weighted by Gasteiger charge is 2.23. The minimum absolute atomic E-state index is 0.0415. The summed E-state index contributed by atoms with van der Waals surface area (Å²) in [5.41, 5.74) is 5.34. The highest BCUT2D eigenvalue weighted by atomic mass is 32.2. The van der Waals surface area contributed by atoms with E-state index in [4.69, 9.17) is 0 Å². The maximum atomic E-state index is 13.3. The van der Waals surface area contributed by atoms with Gasteiger partial charge in [0, 0.05) is 17.3 Å². The van der Waals surface area contributed by atoms with Crippen LogP contribution in [0.15, 0.2) is 84.0 Å². The van der Waals surface area contributed by atoms with Crippen LogP contribution in [0.25, 0.3) is 17.1 Å². The molecule has 5 nitrogen and oxygen atoms in total. The number of aryl methyl sites for hydroxylation is 1. The third-order valence-corrected chi connectivity index (χ3v) is 6.80. The van der Waals surface area contributed by atoms with Crippen LogP contribution in [-0.2, 0) is 4.79 Å². The minimum atomic E-state index is 0.0415. The van der Waals surface area contributed by atoms with Crippen molar-refractivity contribution >= 4 is 23.4 Å². The quantitative estimate of drug-likeness (QED) is 0.255. The molecule has 3 aromatic carbocycles. The molecule has 6 heteroatoms. The third kappa shape index (κ3) is 5.49. The van der Waals surface area contributed by atoms with Gasteiger partial charge >= 0.3 is 0 Å². The second-order valence-corrected chi connectivity index (χ2v) is 10.1. The largest absolute Gasteiger partial charge is 0.309 e. The summed E-state index contributed by atoms with van der Waals surface area (Å²) in [7, 11) is 0. The predicted octanol–water partition coefficient (Wildman–Crippen LogP) is 6.90. The van der Waals surface area contributed by atoms with Gasteiger partial charge < -0.3 is 4.90 Å². The van der Waals surface area contributed by atoms with Crippen molar-refractivity contribution in [2.75, 3.05) is 10.7 Å². The first-order chi connectivity index (χ1) is 16.9. The van der Waals surface area contributed by atoms with Crippen LogP contribution in [0.5, 0.6) is 0 Å². The fourth-order valence-electron chi connectivity index (χ4n) is 4.16. The summed E-state index contributed by atoms with van der Waals surface area (Å²) in [5, 5.41) is 9.83. The monoisotopic (exact) mass is 484 g/mol. The molecule has 1 aromatic heterocycles. The topological polar surface area (TPSA) is 51.0 Å². The van der Waals surface area contributed by atoms with Gasteiger partial charge in [0.1, 0.15) is 0 Å². The number of anilines is 1. The molecule has 0 radical (unpaired) electrons. The molecule has 1 amide bonds. The number of carbonyl (C=O) groups excluding carboxylic acids is 1. The number of amides is 1. The Morgan fingerprint density at radius 2 is 1.54 bits per heavy atom. The number of hydrogen-bond donors (Lipinski definition) is 0. The molecule has 35 heavy (non-hydrogen) atoms. The molecule has 0 atom stereocenters. The van der Waals surface area contributed by atoms with Gasteiger partial charge in [-0.1, -0.05) is 91.8 Å². The van der Waals surface area contributed by atoms with Crippen LogP contribution in [-0.4, -0.2) is 32.5 Å². The average molecular weight is 485 g/mol. The van der Waals surface area contributed by atoms with E-state index >= 15 is 0 Å². The minimum Gasteiger partial charge on any atom is -0.309 e. The summed E-state index contributed by atoms with van der Waals surface area (Å²) in [6.45, 7) is 10.5. The molecule has 0 aliphatic heterocycles. The summed E-state index contributed by atoms with van der Waals surface area (Å²) in [4.78, 5) is 15.2. The Bertz CT molecular complexity index is 1280. The SMILES string of the molecule is Cc1ccc(-c2nnc(SCC(=O)N(c3ccccc3)C(C)C)n2-c2ccccc2C(C)C)cc1. The summed E-state index contributed by atoms with van der Waals surface area (Å²) < 4.78 is 2.10. The number of nitrogens with zero attached hydrogens (tertiary/aromatic N) is 4. The molecule has 0 saturated heterocycles. The number of benzene rings is 3. The lowest BCUT2D eigenvalue weighted by atomic mass is 10.0. The van der Waals surface area contributed by atoms with Crippen molar-refractivity contribution < 1.29 is 4.79 Å². The Labute approximate surface area is 212 Å². The van der Waals surface area contributed by atoms with E-state index in [1.54, 1.807) is 0 Å². The normalized spacial score (nSPS) is 11.3. The molecular weight excluding hydrogens is 452 g/mol.